The van der Waals surface area contributed by atoms with Gasteiger partial charge in [-0.2, -0.15) is 0 Å². The van der Waals surface area contributed by atoms with Crippen molar-refractivity contribution in [2.75, 3.05) is 7.11 Å². The van der Waals surface area contributed by atoms with Crippen LogP contribution in [0.5, 0.6) is 5.75 Å². The molecule has 0 bridgehead atoms. The van der Waals surface area contributed by atoms with Gasteiger partial charge >= 0.3 is 5.97 Å². The molecule has 0 saturated carbocycles. The Labute approximate surface area is 254 Å². The third kappa shape index (κ3) is 4.92. The number of aromatic nitrogens is 2. The van der Waals surface area contributed by atoms with Crippen LogP contribution >= 0.6 is 27.3 Å². The first-order valence-corrected chi connectivity index (χ1v) is 15.1. The van der Waals surface area contributed by atoms with Crippen molar-refractivity contribution >= 4 is 50.2 Å². The summed E-state index contributed by atoms with van der Waals surface area (Å²) in [5.41, 5.74) is 5.02. The lowest BCUT2D eigenvalue weighted by molar-refractivity contribution is -0.143. The van der Waals surface area contributed by atoms with Gasteiger partial charge in [-0.15, -0.1) is 0 Å². The summed E-state index contributed by atoms with van der Waals surface area (Å²) in [5, 5.41) is 1.00. The van der Waals surface area contributed by atoms with E-state index in [0.29, 0.717) is 31.9 Å². The second kappa shape index (κ2) is 11.2. The van der Waals surface area contributed by atoms with Crippen molar-refractivity contribution in [3.05, 3.63) is 119 Å². The van der Waals surface area contributed by atoms with E-state index in [4.69, 9.17) is 14.5 Å². The summed E-state index contributed by atoms with van der Waals surface area (Å²) in [7, 11) is 1.57. The van der Waals surface area contributed by atoms with E-state index in [1.807, 2.05) is 78.9 Å². The van der Waals surface area contributed by atoms with Gasteiger partial charge in [0, 0.05) is 26.5 Å². The van der Waals surface area contributed by atoms with Gasteiger partial charge in [0.1, 0.15) is 11.8 Å². The van der Waals surface area contributed by atoms with Gasteiger partial charge in [0.15, 0.2) is 4.80 Å². The van der Waals surface area contributed by atoms with Crippen molar-refractivity contribution in [1.82, 2.24) is 9.55 Å². The number of hydrogen-bond donors (Lipinski definition) is 1. The van der Waals surface area contributed by atoms with Crippen LogP contribution in [-0.4, -0.2) is 28.7 Å². The average molecular weight is 643 g/mol. The molecule has 5 aromatic rings. The number of H-pyrrole nitrogens is 1. The molecule has 3 aromatic carbocycles. The van der Waals surface area contributed by atoms with Crippen molar-refractivity contribution in [1.29, 1.82) is 0 Å². The minimum Gasteiger partial charge on any atom is -0.496 e. The number of nitrogens with one attached hydrogen (secondary N) is 1. The maximum absolute atomic E-state index is 14.3. The molecule has 9 heteroatoms. The molecule has 0 aliphatic carbocycles. The van der Waals surface area contributed by atoms with Crippen LogP contribution in [0.2, 0.25) is 0 Å². The summed E-state index contributed by atoms with van der Waals surface area (Å²) in [5.74, 6) is 0.0286. The number of aromatic amines is 1. The summed E-state index contributed by atoms with van der Waals surface area (Å²) in [6, 6.07) is 22.8. The first kappa shape index (κ1) is 27.9. The zero-order chi connectivity index (χ0) is 29.5. The predicted molar refractivity (Wildman–Crippen MR) is 169 cm³/mol. The monoisotopic (exact) mass is 641 g/mol. The van der Waals surface area contributed by atoms with Crippen molar-refractivity contribution in [2.24, 2.45) is 4.99 Å². The van der Waals surface area contributed by atoms with Gasteiger partial charge in [-0.1, -0.05) is 75.8 Å². The number of halogens is 1. The number of nitrogens with zero attached hydrogens (tertiary/aromatic N) is 2. The maximum Gasteiger partial charge on any atom is 0.338 e. The molecule has 0 unspecified atom stereocenters. The molecule has 7 nitrogen and oxygen atoms in total. The fourth-order valence-corrected chi connectivity index (χ4v) is 6.76. The molecular formula is C33H28BrN3O4S. The standard InChI is InChI=1S/C33H28BrN3O4S/c1-18(2)41-32(39)28-19(3)35-33-37(30(28)24-16-21(34)14-15-26(24)40-4)31(38)27(42-33)17-23-22-12-8-9-13-25(22)36-29(23)20-10-6-5-7-11-20/h5-18,30,36H,1-4H3/b27-17-/t30-/m0/s1. The zero-order valence-electron chi connectivity index (χ0n) is 23.5. The van der Waals surface area contributed by atoms with Crippen LogP contribution in [0.4, 0.5) is 0 Å². The lowest BCUT2D eigenvalue weighted by Crippen LogP contribution is -2.40. The van der Waals surface area contributed by atoms with Crippen molar-refractivity contribution in [3.63, 3.8) is 0 Å². The van der Waals surface area contributed by atoms with Crippen LogP contribution in [0.1, 0.15) is 37.9 Å². The zero-order valence-corrected chi connectivity index (χ0v) is 25.9. The lowest BCUT2D eigenvalue weighted by atomic mass is 9.95. The maximum atomic E-state index is 14.3. The highest BCUT2D eigenvalue weighted by molar-refractivity contribution is 9.10. The van der Waals surface area contributed by atoms with Gasteiger partial charge in [-0.05, 0) is 56.7 Å². The number of methoxy groups -OCH3 is 1. The first-order chi connectivity index (χ1) is 20.3. The predicted octanol–water partition coefficient (Wildman–Crippen LogP) is 6.11. The Hall–Kier alpha value is -4.21. The molecule has 1 atom stereocenters. The van der Waals surface area contributed by atoms with Crippen molar-refractivity contribution in [3.8, 4) is 17.0 Å². The number of allylic oxidation sites excluding steroid dienone is 1. The fourth-order valence-electron chi connectivity index (χ4n) is 5.35. The highest BCUT2D eigenvalue weighted by Gasteiger charge is 2.35. The van der Waals surface area contributed by atoms with Crippen molar-refractivity contribution in [2.45, 2.75) is 32.9 Å². The third-order valence-electron chi connectivity index (χ3n) is 7.15. The summed E-state index contributed by atoms with van der Waals surface area (Å²) in [4.78, 5) is 36.6. The fraction of sp³-hybridized carbons (Fsp3) is 0.182. The number of carbonyl (C=O) groups is 1. The van der Waals surface area contributed by atoms with E-state index in [9.17, 15) is 9.59 Å². The minimum atomic E-state index is -0.793. The molecule has 0 radical (unpaired) electrons. The molecule has 0 saturated heterocycles. The topological polar surface area (TPSA) is 85.7 Å². The number of hydrogen-bond acceptors (Lipinski definition) is 6. The number of benzene rings is 3. The van der Waals surface area contributed by atoms with Gasteiger partial charge < -0.3 is 14.5 Å². The molecule has 0 amide bonds. The third-order valence-corrected chi connectivity index (χ3v) is 8.63. The molecule has 0 spiro atoms. The van der Waals surface area contributed by atoms with Gasteiger partial charge in [-0.3, -0.25) is 9.36 Å². The molecule has 212 valence electrons. The molecule has 3 heterocycles. The quantitative estimate of drug-likeness (QED) is 0.227. The van der Waals surface area contributed by atoms with E-state index >= 15 is 0 Å². The van der Waals surface area contributed by atoms with Gasteiger partial charge in [0.2, 0.25) is 0 Å². The minimum absolute atomic E-state index is 0.252. The van der Waals surface area contributed by atoms with Gasteiger partial charge in [-0.25, -0.2) is 9.79 Å². The van der Waals surface area contributed by atoms with Gasteiger partial charge in [0.05, 0.1) is 34.7 Å². The highest BCUT2D eigenvalue weighted by Crippen LogP contribution is 2.37. The average Bonchev–Trinajstić information content (AvgIpc) is 3.49. The van der Waals surface area contributed by atoms with Crippen LogP contribution in [0.25, 0.3) is 28.2 Å². The number of fused-ring (bicyclic) bond motifs is 2. The number of ether oxygens (including phenoxy) is 2. The SMILES string of the molecule is COc1ccc(Br)cc1[C@H]1C(C(=O)OC(C)C)=C(C)N=c2s/c(=C\c3c(-c4ccccc4)[nH]c4ccccc34)c(=O)n21. The molecule has 1 aliphatic rings. The summed E-state index contributed by atoms with van der Waals surface area (Å²) >= 11 is 4.85. The normalized spacial score (nSPS) is 15.2. The molecule has 42 heavy (non-hydrogen) atoms. The van der Waals surface area contributed by atoms with Crippen LogP contribution in [-0.2, 0) is 9.53 Å². The molecule has 1 N–H and O–H groups in total. The van der Waals surface area contributed by atoms with E-state index in [1.165, 1.54) is 11.3 Å². The number of para-hydroxylation sites is 1. The Bertz CT molecular complexity index is 2050. The second-order valence-electron chi connectivity index (χ2n) is 10.2. The van der Waals surface area contributed by atoms with Crippen molar-refractivity contribution < 1.29 is 14.3 Å². The van der Waals surface area contributed by atoms with E-state index in [1.54, 1.807) is 32.4 Å². The molecule has 6 rings (SSSR count). The Balaban J connectivity index is 1.63. The van der Waals surface area contributed by atoms with Crippen LogP contribution < -0.4 is 19.6 Å². The van der Waals surface area contributed by atoms with E-state index < -0.39 is 12.0 Å². The molecule has 1 aliphatic heterocycles. The lowest BCUT2D eigenvalue weighted by Gasteiger charge is -2.26. The Morgan fingerprint density at radius 1 is 1.10 bits per heavy atom. The summed E-state index contributed by atoms with van der Waals surface area (Å²) in [6.07, 6.45) is 1.58. The van der Waals surface area contributed by atoms with E-state index in [0.717, 1.165) is 32.2 Å². The van der Waals surface area contributed by atoms with Crippen LogP contribution in [0.3, 0.4) is 0 Å². The largest absolute Gasteiger partial charge is 0.496 e. The second-order valence-corrected chi connectivity index (χ2v) is 12.2. The molecule has 0 fully saturated rings. The number of carbonyl (C=O) groups excluding carboxylic acids is 1. The Kier molecular flexibility index (Phi) is 7.47. The van der Waals surface area contributed by atoms with E-state index in [-0.39, 0.29) is 11.7 Å². The number of rotatable bonds is 6. The number of thiazole rings is 1. The van der Waals surface area contributed by atoms with Crippen LogP contribution in [0.15, 0.2) is 98.3 Å². The number of esters is 1. The highest BCUT2D eigenvalue weighted by atomic mass is 79.9. The smallest absolute Gasteiger partial charge is 0.338 e. The van der Waals surface area contributed by atoms with Crippen LogP contribution in [0, 0.1) is 0 Å². The Morgan fingerprint density at radius 2 is 1.83 bits per heavy atom. The molecule has 2 aromatic heterocycles. The first-order valence-electron chi connectivity index (χ1n) is 13.5. The summed E-state index contributed by atoms with van der Waals surface area (Å²) < 4.78 is 14.2. The molecular weight excluding hydrogens is 614 g/mol. The Morgan fingerprint density at radius 3 is 2.57 bits per heavy atom. The van der Waals surface area contributed by atoms with E-state index in [2.05, 4.69) is 20.9 Å². The summed E-state index contributed by atoms with van der Waals surface area (Å²) in [6.45, 7) is 5.37. The van der Waals surface area contributed by atoms with Gasteiger partial charge in [0.25, 0.3) is 5.56 Å².